The Balaban J connectivity index is 1.35. The van der Waals surface area contributed by atoms with Crippen LogP contribution in [0.25, 0.3) is 22.0 Å². The maximum atomic E-state index is 2.67. The van der Waals surface area contributed by atoms with E-state index in [9.17, 15) is 0 Å². The van der Waals surface area contributed by atoms with Gasteiger partial charge in [-0.05, 0) is 121 Å². The predicted octanol–water partition coefficient (Wildman–Crippen LogP) is 9.64. The van der Waals surface area contributed by atoms with Crippen molar-refractivity contribution in [1.82, 2.24) is 0 Å². The third kappa shape index (κ3) is 4.35. The molecule has 7 rings (SSSR count). The molecule has 1 heteroatoms. The van der Waals surface area contributed by atoms with Crippen LogP contribution in [0.4, 0.5) is 0 Å². The second-order valence-corrected chi connectivity index (χ2v) is 13.4. The lowest BCUT2D eigenvalue weighted by molar-refractivity contribution is -0.659. The molecule has 194 valence electrons. The SMILES string of the molecule is Cc1c(-c2c3ccc(C4CC5CCC4C5)cc3cc[n+]2C)cc(C2CCCCC2)cc1C1CCCCC1. The van der Waals surface area contributed by atoms with Crippen molar-refractivity contribution >= 4 is 10.8 Å². The topological polar surface area (TPSA) is 3.88 Å². The summed E-state index contributed by atoms with van der Waals surface area (Å²) in [5.74, 6) is 4.24. The van der Waals surface area contributed by atoms with Gasteiger partial charge in [-0.15, -0.1) is 0 Å². The van der Waals surface area contributed by atoms with Gasteiger partial charge in [0.05, 0.1) is 10.9 Å². The molecule has 0 N–H and O–H groups in total. The molecule has 0 amide bonds. The Morgan fingerprint density at radius 3 is 2.16 bits per heavy atom. The number of aryl methyl sites for hydroxylation is 1. The Labute approximate surface area is 224 Å². The third-order valence-corrected chi connectivity index (χ3v) is 11.2. The summed E-state index contributed by atoms with van der Waals surface area (Å²) in [7, 11) is 2.27. The summed E-state index contributed by atoms with van der Waals surface area (Å²) in [4.78, 5) is 0. The lowest BCUT2D eigenvalue weighted by atomic mass is 9.76. The van der Waals surface area contributed by atoms with Gasteiger partial charge in [-0.2, -0.15) is 0 Å². The van der Waals surface area contributed by atoms with Gasteiger partial charge in [-0.3, -0.25) is 0 Å². The first-order chi connectivity index (χ1) is 18.2. The van der Waals surface area contributed by atoms with Gasteiger partial charge in [0.1, 0.15) is 7.05 Å². The molecule has 4 saturated carbocycles. The van der Waals surface area contributed by atoms with Crippen LogP contribution in [-0.2, 0) is 7.05 Å². The van der Waals surface area contributed by atoms with Crippen LogP contribution in [0.1, 0.15) is 130 Å². The zero-order chi connectivity index (χ0) is 24.9. The summed E-state index contributed by atoms with van der Waals surface area (Å²) >= 11 is 0. The zero-order valence-corrected chi connectivity index (χ0v) is 23.3. The minimum Gasteiger partial charge on any atom is -0.200 e. The summed E-state index contributed by atoms with van der Waals surface area (Å²) in [5, 5.41) is 2.88. The monoisotopic (exact) mass is 492 g/mol. The largest absolute Gasteiger partial charge is 0.220 e. The van der Waals surface area contributed by atoms with Gasteiger partial charge in [0.15, 0.2) is 6.20 Å². The highest BCUT2D eigenvalue weighted by Gasteiger charge is 2.40. The zero-order valence-electron chi connectivity index (χ0n) is 23.3. The predicted molar refractivity (Wildman–Crippen MR) is 155 cm³/mol. The van der Waals surface area contributed by atoms with Crippen molar-refractivity contribution in [1.29, 1.82) is 0 Å². The summed E-state index contributed by atoms with van der Waals surface area (Å²) in [5.41, 5.74) is 9.40. The first-order valence-corrected chi connectivity index (χ1v) is 15.7. The highest BCUT2D eigenvalue weighted by molar-refractivity contribution is 5.94. The van der Waals surface area contributed by atoms with Gasteiger partial charge in [0, 0.05) is 6.07 Å². The Morgan fingerprint density at radius 2 is 1.46 bits per heavy atom. The first-order valence-electron chi connectivity index (χ1n) is 15.7. The van der Waals surface area contributed by atoms with Crippen LogP contribution < -0.4 is 4.57 Å². The van der Waals surface area contributed by atoms with E-state index in [-0.39, 0.29) is 0 Å². The van der Waals surface area contributed by atoms with Gasteiger partial charge >= 0.3 is 0 Å². The van der Waals surface area contributed by atoms with Crippen LogP contribution in [0.3, 0.4) is 0 Å². The molecule has 1 aromatic heterocycles. The fourth-order valence-electron chi connectivity index (χ4n) is 9.13. The maximum Gasteiger partial charge on any atom is 0.220 e. The third-order valence-electron chi connectivity index (χ3n) is 11.2. The molecule has 4 fully saturated rings. The summed E-state index contributed by atoms with van der Waals surface area (Å²) in [6.07, 6.45) is 22.1. The van der Waals surface area contributed by atoms with Crippen LogP contribution in [0.15, 0.2) is 42.6 Å². The molecule has 4 aliphatic carbocycles. The Morgan fingerprint density at radius 1 is 0.703 bits per heavy atom. The van der Waals surface area contributed by atoms with Crippen LogP contribution in [0.5, 0.6) is 0 Å². The quantitative estimate of drug-likeness (QED) is 0.319. The molecule has 0 saturated heterocycles. The van der Waals surface area contributed by atoms with Crippen molar-refractivity contribution in [3.05, 3.63) is 64.8 Å². The van der Waals surface area contributed by atoms with Crippen LogP contribution in [0.2, 0.25) is 0 Å². The molecular formula is C36H46N+. The summed E-state index contributed by atoms with van der Waals surface area (Å²) in [6.45, 7) is 2.44. The number of rotatable bonds is 4. The molecule has 0 spiro atoms. The van der Waals surface area contributed by atoms with E-state index in [0.717, 1.165) is 29.6 Å². The smallest absolute Gasteiger partial charge is 0.200 e. The van der Waals surface area contributed by atoms with E-state index in [4.69, 9.17) is 0 Å². The minimum atomic E-state index is 0.750. The van der Waals surface area contributed by atoms with Gasteiger partial charge in [0.2, 0.25) is 5.69 Å². The van der Waals surface area contributed by atoms with Crippen LogP contribution >= 0.6 is 0 Å². The fourth-order valence-corrected chi connectivity index (χ4v) is 9.13. The Kier molecular flexibility index (Phi) is 6.38. The van der Waals surface area contributed by atoms with E-state index < -0.39 is 0 Å². The van der Waals surface area contributed by atoms with Crippen LogP contribution in [-0.4, -0.2) is 0 Å². The molecule has 37 heavy (non-hydrogen) atoms. The molecule has 2 aromatic carbocycles. The number of hydrogen-bond donors (Lipinski definition) is 0. The summed E-state index contributed by atoms with van der Waals surface area (Å²) < 4.78 is 2.41. The highest BCUT2D eigenvalue weighted by atomic mass is 14.9. The van der Waals surface area contributed by atoms with Crippen molar-refractivity contribution < 1.29 is 4.57 Å². The number of fused-ring (bicyclic) bond motifs is 3. The van der Waals surface area contributed by atoms with E-state index in [1.807, 2.05) is 0 Å². The second kappa shape index (κ2) is 9.87. The van der Waals surface area contributed by atoms with Crippen molar-refractivity contribution in [2.45, 2.75) is 115 Å². The molecule has 0 aliphatic heterocycles. The Bertz CT molecular complexity index is 1290. The van der Waals surface area contributed by atoms with Crippen molar-refractivity contribution in [3.8, 4) is 11.3 Å². The van der Waals surface area contributed by atoms with E-state index in [0.29, 0.717) is 0 Å². The molecule has 4 aliphatic rings. The minimum absolute atomic E-state index is 0.750. The number of aromatic nitrogens is 1. The molecule has 1 heterocycles. The van der Waals surface area contributed by atoms with Crippen molar-refractivity contribution in [2.24, 2.45) is 18.9 Å². The lowest BCUT2D eigenvalue weighted by Crippen LogP contribution is -2.31. The van der Waals surface area contributed by atoms with Crippen molar-refractivity contribution in [3.63, 3.8) is 0 Å². The molecule has 3 aromatic rings. The second-order valence-electron chi connectivity index (χ2n) is 13.4. The van der Waals surface area contributed by atoms with Crippen LogP contribution in [0, 0.1) is 18.8 Å². The number of nitrogens with zero attached hydrogens (tertiary/aromatic N) is 1. The van der Waals surface area contributed by atoms with Gasteiger partial charge in [0.25, 0.3) is 0 Å². The highest BCUT2D eigenvalue weighted by Crippen LogP contribution is 2.53. The normalized spacial score (nSPS) is 26.8. The van der Waals surface area contributed by atoms with E-state index in [1.54, 1.807) is 22.3 Å². The van der Waals surface area contributed by atoms with E-state index in [2.05, 4.69) is 61.1 Å². The molecule has 1 nitrogen and oxygen atoms in total. The van der Waals surface area contributed by atoms with Gasteiger partial charge in [-0.25, -0.2) is 4.57 Å². The standard InChI is InChI=1S/C36H46N/c1-24-33(27-11-7-4-8-12-27)22-31(26-9-5-3-6-10-26)23-34(24)36-32-16-15-29(21-30(32)17-18-37(36)2)35-20-25-13-14-28(35)19-25/h15-18,21-23,25-28,35H,3-14,19-20H2,1-2H3/q+1. The van der Waals surface area contributed by atoms with E-state index in [1.165, 1.54) is 112 Å². The summed E-state index contributed by atoms with van der Waals surface area (Å²) in [6, 6.07) is 15.2. The average molecular weight is 493 g/mol. The van der Waals surface area contributed by atoms with Gasteiger partial charge in [-0.1, -0.05) is 63.1 Å². The molecule has 3 unspecified atom stereocenters. The molecular weight excluding hydrogens is 446 g/mol. The number of hydrogen-bond acceptors (Lipinski definition) is 0. The Hall–Kier alpha value is -2.15. The lowest BCUT2D eigenvalue weighted by Gasteiger charge is -2.28. The van der Waals surface area contributed by atoms with Crippen molar-refractivity contribution in [2.75, 3.05) is 0 Å². The fraction of sp³-hybridized carbons (Fsp3) is 0.583. The average Bonchev–Trinajstić information content (AvgIpc) is 3.59. The molecule has 2 bridgehead atoms. The molecule has 3 atom stereocenters. The first kappa shape index (κ1) is 23.9. The van der Waals surface area contributed by atoms with E-state index >= 15 is 0 Å². The number of benzene rings is 2. The van der Waals surface area contributed by atoms with Gasteiger partial charge < -0.3 is 0 Å². The molecule has 0 radical (unpaired) electrons. The number of pyridine rings is 1. The maximum absolute atomic E-state index is 2.67.